The molecule has 5 nitrogen and oxygen atoms in total. The first-order valence-electron chi connectivity index (χ1n) is 6.71. The zero-order valence-corrected chi connectivity index (χ0v) is 11.2. The lowest BCUT2D eigenvalue weighted by molar-refractivity contribution is -0.148. The average molecular weight is 254 g/mol. The maximum Gasteiger partial charge on any atom is 0.317 e. The number of carboxylic acid groups (broad SMARTS) is 1. The molecular weight excluding hydrogens is 232 g/mol. The van der Waals surface area contributed by atoms with Crippen LogP contribution in [0, 0.1) is 5.41 Å². The molecule has 0 aromatic carbocycles. The van der Waals surface area contributed by atoms with Crippen LogP contribution < -0.4 is 5.32 Å². The second-order valence-electron chi connectivity index (χ2n) is 6.00. The normalized spacial score (nSPS) is 29.1. The van der Waals surface area contributed by atoms with Crippen molar-refractivity contribution in [3.63, 3.8) is 0 Å². The summed E-state index contributed by atoms with van der Waals surface area (Å²) in [6.45, 7) is 4.91. The lowest BCUT2D eigenvalue weighted by Gasteiger charge is -2.25. The molecule has 2 aliphatic rings. The van der Waals surface area contributed by atoms with Crippen molar-refractivity contribution < 1.29 is 14.7 Å². The molecular formula is C13H22N2O3. The zero-order chi connectivity index (χ0) is 13.4. The number of urea groups is 1. The van der Waals surface area contributed by atoms with Crippen LogP contribution in [0.1, 0.15) is 46.0 Å². The van der Waals surface area contributed by atoms with Crippen LogP contribution in [0.4, 0.5) is 4.79 Å². The maximum atomic E-state index is 12.0. The molecule has 0 spiro atoms. The van der Waals surface area contributed by atoms with E-state index in [-0.39, 0.29) is 11.6 Å². The highest BCUT2D eigenvalue weighted by Crippen LogP contribution is 2.37. The van der Waals surface area contributed by atoms with Crippen molar-refractivity contribution >= 4 is 12.0 Å². The van der Waals surface area contributed by atoms with E-state index in [0.717, 1.165) is 19.3 Å². The fraction of sp³-hybridized carbons (Fsp3) is 0.846. The second-order valence-corrected chi connectivity index (χ2v) is 6.00. The summed E-state index contributed by atoms with van der Waals surface area (Å²) in [6.07, 6.45) is 4.08. The number of carboxylic acids is 1. The van der Waals surface area contributed by atoms with Gasteiger partial charge >= 0.3 is 12.0 Å². The Kier molecular flexibility index (Phi) is 3.25. The molecule has 1 atom stereocenters. The Morgan fingerprint density at radius 2 is 2.00 bits per heavy atom. The number of likely N-dealkylation sites (tertiary alicyclic amines) is 1. The largest absolute Gasteiger partial charge is 0.481 e. The van der Waals surface area contributed by atoms with Gasteiger partial charge in [-0.25, -0.2) is 4.79 Å². The summed E-state index contributed by atoms with van der Waals surface area (Å²) in [5.74, 6) is -0.766. The molecule has 1 saturated carbocycles. The number of aliphatic carboxylic acids is 1. The van der Waals surface area contributed by atoms with Gasteiger partial charge in [-0.3, -0.25) is 4.79 Å². The first kappa shape index (κ1) is 13.2. The molecule has 0 bridgehead atoms. The van der Waals surface area contributed by atoms with E-state index in [2.05, 4.69) is 5.32 Å². The van der Waals surface area contributed by atoms with Gasteiger partial charge in [0.25, 0.3) is 0 Å². The SMILES string of the molecule is CCCC1(C(=O)O)CCN(C(=O)NC2(C)CC2)C1. The van der Waals surface area contributed by atoms with Crippen LogP contribution in [0.25, 0.3) is 0 Å². The van der Waals surface area contributed by atoms with Gasteiger partial charge in [0.15, 0.2) is 0 Å². The summed E-state index contributed by atoms with van der Waals surface area (Å²) in [6, 6.07) is -0.103. The standard InChI is InChI=1S/C13H22N2O3/c1-3-4-13(10(16)17)7-8-15(9-13)11(18)14-12(2)5-6-12/h3-9H2,1-2H3,(H,14,18)(H,16,17). The van der Waals surface area contributed by atoms with Crippen LogP contribution in [-0.4, -0.2) is 40.6 Å². The van der Waals surface area contributed by atoms with Crippen LogP contribution in [0.2, 0.25) is 0 Å². The number of rotatable bonds is 4. The molecule has 0 aromatic rings. The number of nitrogens with one attached hydrogen (secondary N) is 1. The van der Waals surface area contributed by atoms with E-state index >= 15 is 0 Å². The second kappa shape index (κ2) is 4.44. The first-order valence-corrected chi connectivity index (χ1v) is 6.71. The monoisotopic (exact) mass is 254 g/mol. The van der Waals surface area contributed by atoms with Gasteiger partial charge in [0.1, 0.15) is 0 Å². The van der Waals surface area contributed by atoms with E-state index in [4.69, 9.17) is 0 Å². The van der Waals surface area contributed by atoms with Gasteiger partial charge in [0.05, 0.1) is 5.41 Å². The molecule has 0 aromatic heterocycles. The van der Waals surface area contributed by atoms with E-state index < -0.39 is 11.4 Å². The molecule has 0 radical (unpaired) electrons. The summed E-state index contributed by atoms with van der Waals surface area (Å²) in [5.41, 5.74) is -0.771. The molecule has 2 rings (SSSR count). The lowest BCUT2D eigenvalue weighted by Crippen LogP contribution is -2.45. The Balaban J connectivity index is 1.97. The van der Waals surface area contributed by atoms with E-state index in [1.807, 2.05) is 13.8 Å². The van der Waals surface area contributed by atoms with Crippen molar-refractivity contribution in [2.45, 2.75) is 51.5 Å². The fourth-order valence-electron chi connectivity index (χ4n) is 2.66. The third kappa shape index (κ3) is 2.44. The van der Waals surface area contributed by atoms with E-state index in [9.17, 15) is 14.7 Å². The van der Waals surface area contributed by atoms with Crippen LogP contribution in [0.5, 0.6) is 0 Å². The van der Waals surface area contributed by atoms with E-state index in [1.54, 1.807) is 4.90 Å². The molecule has 2 fully saturated rings. The van der Waals surface area contributed by atoms with Gasteiger partial charge in [-0.05, 0) is 32.6 Å². The minimum atomic E-state index is -0.766. The van der Waals surface area contributed by atoms with Crippen molar-refractivity contribution in [1.29, 1.82) is 0 Å². The van der Waals surface area contributed by atoms with Crippen molar-refractivity contribution in [2.75, 3.05) is 13.1 Å². The van der Waals surface area contributed by atoms with Crippen LogP contribution >= 0.6 is 0 Å². The number of nitrogens with zero attached hydrogens (tertiary/aromatic N) is 1. The van der Waals surface area contributed by atoms with Crippen molar-refractivity contribution in [2.24, 2.45) is 5.41 Å². The molecule has 1 aliphatic carbocycles. The summed E-state index contributed by atoms with van der Waals surface area (Å²) in [4.78, 5) is 25.1. The summed E-state index contributed by atoms with van der Waals surface area (Å²) < 4.78 is 0. The Bertz CT molecular complexity index is 365. The predicted molar refractivity (Wildman–Crippen MR) is 67.3 cm³/mol. The minimum absolute atomic E-state index is 0.0453. The molecule has 5 heteroatoms. The topological polar surface area (TPSA) is 69.6 Å². The van der Waals surface area contributed by atoms with Gasteiger partial charge in [-0.1, -0.05) is 13.3 Å². The number of carbonyl (C=O) groups excluding carboxylic acids is 1. The molecule has 1 aliphatic heterocycles. The average Bonchev–Trinajstić information content (AvgIpc) is 2.86. The van der Waals surface area contributed by atoms with Crippen molar-refractivity contribution in [1.82, 2.24) is 10.2 Å². The third-order valence-corrected chi connectivity index (χ3v) is 4.23. The van der Waals surface area contributed by atoms with Crippen molar-refractivity contribution in [3.05, 3.63) is 0 Å². The van der Waals surface area contributed by atoms with Gasteiger partial charge in [-0.2, -0.15) is 0 Å². The van der Waals surface area contributed by atoms with Crippen LogP contribution in [0.15, 0.2) is 0 Å². The Morgan fingerprint density at radius 3 is 2.50 bits per heavy atom. The molecule has 18 heavy (non-hydrogen) atoms. The zero-order valence-electron chi connectivity index (χ0n) is 11.2. The highest BCUT2D eigenvalue weighted by Gasteiger charge is 2.47. The lowest BCUT2D eigenvalue weighted by atomic mass is 9.83. The Hall–Kier alpha value is -1.26. The molecule has 1 unspecified atom stereocenters. The van der Waals surface area contributed by atoms with Crippen molar-refractivity contribution in [3.8, 4) is 0 Å². The molecule has 2 amide bonds. The number of hydrogen-bond acceptors (Lipinski definition) is 2. The quantitative estimate of drug-likeness (QED) is 0.804. The molecule has 1 saturated heterocycles. The summed E-state index contributed by atoms with van der Waals surface area (Å²) >= 11 is 0. The van der Waals surface area contributed by atoms with E-state index in [1.165, 1.54) is 0 Å². The predicted octanol–water partition coefficient (Wildman–Crippen LogP) is 1.83. The molecule has 1 heterocycles. The minimum Gasteiger partial charge on any atom is -0.481 e. The molecule has 102 valence electrons. The maximum absolute atomic E-state index is 12.0. The number of hydrogen-bond donors (Lipinski definition) is 2. The Morgan fingerprint density at radius 1 is 1.33 bits per heavy atom. The van der Waals surface area contributed by atoms with Gasteiger partial charge in [0.2, 0.25) is 0 Å². The first-order chi connectivity index (χ1) is 8.41. The highest BCUT2D eigenvalue weighted by molar-refractivity contribution is 5.80. The summed E-state index contributed by atoms with van der Waals surface area (Å²) in [7, 11) is 0. The smallest absolute Gasteiger partial charge is 0.317 e. The third-order valence-electron chi connectivity index (χ3n) is 4.23. The number of carbonyl (C=O) groups is 2. The fourth-order valence-corrected chi connectivity index (χ4v) is 2.66. The van der Waals surface area contributed by atoms with Crippen LogP contribution in [-0.2, 0) is 4.79 Å². The van der Waals surface area contributed by atoms with Gasteiger partial charge < -0.3 is 15.3 Å². The Labute approximate surface area is 108 Å². The van der Waals surface area contributed by atoms with Crippen LogP contribution in [0.3, 0.4) is 0 Å². The summed E-state index contributed by atoms with van der Waals surface area (Å²) in [5, 5.41) is 12.4. The number of amides is 2. The highest BCUT2D eigenvalue weighted by atomic mass is 16.4. The molecule has 2 N–H and O–H groups in total. The van der Waals surface area contributed by atoms with Gasteiger partial charge in [0, 0.05) is 18.6 Å². The van der Waals surface area contributed by atoms with E-state index in [0.29, 0.717) is 25.9 Å². The van der Waals surface area contributed by atoms with Gasteiger partial charge in [-0.15, -0.1) is 0 Å².